The summed E-state index contributed by atoms with van der Waals surface area (Å²) < 4.78 is 78.0. The van der Waals surface area contributed by atoms with Crippen molar-refractivity contribution in [2.24, 2.45) is 0 Å². The van der Waals surface area contributed by atoms with Gasteiger partial charge in [0.25, 0.3) is 0 Å². The predicted molar refractivity (Wildman–Crippen MR) is 73.7 cm³/mol. The van der Waals surface area contributed by atoms with Gasteiger partial charge in [-0.2, -0.15) is 26.3 Å². The highest BCUT2D eigenvalue weighted by atomic mass is 19.4. The highest BCUT2D eigenvalue weighted by Gasteiger charge is 2.37. The zero-order valence-electron chi connectivity index (χ0n) is 11.8. The monoisotopic (exact) mass is 352 g/mol. The van der Waals surface area contributed by atoms with Crippen molar-refractivity contribution in [3.63, 3.8) is 0 Å². The molecule has 0 saturated carbocycles. The van der Waals surface area contributed by atoms with Gasteiger partial charge in [0, 0.05) is 0 Å². The van der Waals surface area contributed by atoms with Crippen molar-refractivity contribution in [2.75, 3.05) is 0 Å². The van der Waals surface area contributed by atoms with Gasteiger partial charge in [-0.3, -0.25) is 0 Å². The Hall–Kier alpha value is -2.20. The molecule has 0 amide bonds. The van der Waals surface area contributed by atoms with Gasteiger partial charge in [-0.05, 0) is 18.2 Å². The molecule has 2 N–H and O–H groups in total. The Labute approximate surface area is 133 Å². The van der Waals surface area contributed by atoms with Crippen molar-refractivity contribution >= 4 is 7.32 Å². The number of halogens is 6. The van der Waals surface area contributed by atoms with E-state index in [1.807, 2.05) is 36.4 Å². The van der Waals surface area contributed by atoms with Crippen LogP contribution in [0.1, 0.15) is 11.1 Å². The Morgan fingerprint density at radius 1 is 0.667 bits per heavy atom. The third-order valence-electron chi connectivity index (χ3n) is 2.47. The molecule has 2 aromatic rings. The van der Waals surface area contributed by atoms with Gasteiger partial charge in [0.1, 0.15) is 5.75 Å². The van der Waals surface area contributed by atoms with Crippen LogP contribution in [0.25, 0.3) is 0 Å². The molecule has 130 valence electrons. The molecular formula is C14H11BF6O3. The molecule has 0 aliphatic heterocycles. The molecule has 0 aliphatic carbocycles. The molecule has 3 nitrogen and oxygen atoms in total. The van der Waals surface area contributed by atoms with E-state index >= 15 is 0 Å². The fraction of sp³-hybridized carbons (Fsp3) is 0.143. The van der Waals surface area contributed by atoms with Gasteiger partial charge in [0.2, 0.25) is 0 Å². The van der Waals surface area contributed by atoms with Crippen LogP contribution in [0.4, 0.5) is 26.3 Å². The number of hydrogen-bond acceptors (Lipinski definition) is 3. The molecule has 0 unspecified atom stereocenters. The van der Waals surface area contributed by atoms with E-state index in [-0.39, 0.29) is 18.2 Å². The third-order valence-corrected chi connectivity index (χ3v) is 2.47. The summed E-state index contributed by atoms with van der Waals surface area (Å²) >= 11 is 0. The van der Waals surface area contributed by atoms with Crippen molar-refractivity contribution in [3.05, 3.63) is 65.7 Å². The Kier molecular flexibility index (Phi) is 6.67. The smallest absolute Gasteiger partial charge is 0.512 e. The Morgan fingerprint density at radius 2 is 1.00 bits per heavy atom. The minimum absolute atomic E-state index is 0.101. The topological polar surface area (TPSA) is 49.7 Å². The van der Waals surface area contributed by atoms with Crippen LogP contribution in [0.3, 0.4) is 0 Å². The van der Waals surface area contributed by atoms with Crippen molar-refractivity contribution < 1.29 is 41.0 Å². The van der Waals surface area contributed by atoms with Gasteiger partial charge in [-0.15, -0.1) is 0 Å². The zero-order chi connectivity index (χ0) is 18.4. The van der Waals surface area contributed by atoms with Crippen LogP contribution in [-0.4, -0.2) is 17.4 Å². The third kappa shape index (κ3) is 6.92. The summed E-state index contributed by atoms with van der Waals surface area (Å²) in [5.41, 5.74) is -3.21. The number of rotatable bonds is 2. The van der Waals surface area contributed by atoms with Crippen LogP contribution in [0.2, 0.25) is 0 Å². The highest BCUT2D eigenvalue weighted by molar-refractivity contribution is 6.33. The number of alkyl halides is 6. The SMILES string of the molecule is OB(O)Oc1cc(C(F)(F)F)cc(C(F)(F)F)c1.c1ccccc1. The molecule has 0 aromatic heterocycles. The average Bonchev–Trinajstić information content (AvgIpc) is 2.47. The second-order valence-corrected chi connectivity index (χ2v) is 4.34. The molecule has 0 saturated heterocycles. The van der Waals surface area contributed by atoms with E-state index in [0.717, 1.165) is 0 Å². The lowest BCUT2D eigenvalue weighted by atomic mass is 10.1. The molecule has 0 spiro atoms. The molecular weight excluding hydrogens is 341 g/mol. The molecule has 0 aliphatic rings. The van der Waals surface area contributed by atoms with Crippen molar-refractivity contribution in [2.45, 2.75) is 12.4 Å². The van der Waals surface area contributed by atoms with E-state index in [4.69, 9.17) is 10.0 Å². The van der Waals surface area contributed by atoms with Gasteiger partial charge < -0.3 is 14.7 Å². The van der Waals surface area contributed by atoms with E-state index in [1.165, 1.54) is 0 Å². The maximum atomic E-state index is 12.3. The van der Waals surface area contributed by atoms with Crippen LogP contribution in [0.15, 0.2) is 54.6 Å². The Bertz CT molecular complexity index is 570. The summed E-state index contributed by atoms with van der Waals surface area (Å²) in [6, 6.07) is 12.4. The van der Waals surface area contributed by atoms with Gasteiger partial charge in [0.05, 0.1) is 11.1 Å². The minimum atomic E-state index is -5.01. The van der Waals surface area contributed by atoms with Gasteiger partial charge in [-0.25, -0.2) is 0 Å². The van der Waals surface area contributed by atoms with E-state index < -0.39 is 36.6 Å². The number of benzene rings is 2. The summed E-state index contributed by atoms with van der Waals surface area (Å²) in [6.45, 7) is 0. The first-order valence-electron chi connectivity index (χ1n) is 6.32. The first-order valence-corrected chi connectivity index (χ1v) is 6.32. The van der Waals surface area contributed by atoms with E-state index in [9.17, 15) is 26.3 Å². The summed E-state index contributed by atoms with van der Waals surface area (Å²) in [5.74, 6) is -0.952. The maximum absolute atomic E-state index is 12.3. The maximum Gasteiger partial charge on any atom is 0.707 e. The van der Waals surface area contributed by atoms with Gasteiger partial charge in [-0.1, -0.05) is 36.4 Å². The molecule has 0 radical (unpaired) electrons. The van der Waals surface area contributed by atoms with Crippen LogP contribution < -0.4 is 4.65 Å². The fourth-order valence-corrected chi connectivity index (χ4v) is 1.50. The lowest BCUT2D eigenvalue weighted by molar-refractivity contribution is -0.143. The molecule has 0 fully saturated rings. The van der Waals surface area contributed by atoms with Gasteiger partial charge in [0.15, 0.2) is 0 Å². The largest absolute Gasteiger partial charge is 0.707 e. The molecule has 10 heteroatoms. The van der Waals surface area contributed by atoms with Gasteiger partial charge >= 0.3 is 19.7 Å². The molecule has 24 heavy (non-hydrogen) atoms. The summed E-state index contributed by atoms with van der Waals surface area (Å²) in [6.07, 6.45) is -10.0. The lowest BCUT2D eigenvalue weighted by Gasteiger charge is -2.14. The van der Waals surface area contributed by atoms with Crippen molar-refractivity contribution in [1.29, 1.82) is 0 Å². The summed E-state index contributed by atoms with van der Waals surface area (Å²) in [7, 11) is -2.52. The lowest BCUT2D eigenvalue weighted by Crippen LogP contribution is -2.21. The van der Waals surface area contributed by atoms with E-state index in [0.29, 0.717) is 0 Å². The number of hydrogen-bond donors (Lipinski definition) is 2. The van der Waals surface area contributed by atoms with Crippen LogP contribution in [0, 0.1) is 0 Å². The summed E-state index contributed by atoms with van der Waals surface area (Å²) in [5, 5.41) is 16.7. The van der Waals surface area contributed by atoms with Crippen LogP contribution in [0.5, 0.6) is 5.75 Å². The molecule has 0 bridgehead atoms. The molecule has 2 rings (SSSR count). The first-order chi connectivity index (χ1) is 11.0. The quantitative estimate of drug-likeness (QED) is 0.639. The molecule has 2 aromatic carbocycles. The second kappa shape index (κ2) is 8.07. The Balaban J connectivity index is 0.000000400. The van der Waals surface area contributed by atoms with E-state index in [1.54, 1.807) is 0 Å². The first kappa shape index (κ1) is 19.9. The standard InChI is InChI=1S/C8H5BF6O3.C6H6/c10-7(11,12)4-1-5(8(13,14)15)3-6(2-4)18-9(16)17;1-2-4-6-5-3-1/h1-3,16-17H;1-6H. The predicted octanol–water partition coefficient (Wildman–Crippen LogP) is 3.76. The minimum Gasteiger partial charge on any atom is -0.512 e. The molecule has 0 atom stereocenters. The highest BCUT2D eigenvalue weighted by Crippen LogP contribution is 2.38. The molecule has 0 heterocycles. The van der Waals surface area contributed by atoms with E-state index in [2.05, 4.69) is 4.65 Å². The normalized spacial score (nSPS) is 11.3. The fourth-order valence-electron chi connectivity index (χ4n) is 1.50. The average molecular weight is 352 g/mol. The van der Waals surface area contributed by atoms with Crippen LogP contribution in [-0.2, 0) is 12.4 Å². The van der Waals surface area contributed by atoms with Crippen molar-refractivity contribution in [3.8, 4) is 5.75 Å². The van der Waals surface area contributed by atoms with Crippen molar-refractivity contribution in [1.82, 2.24) is 0 Å². The Morgan fingerprint density at radius 3 is 1.25 bits per heavy atom. The second-order valence-electron chi connectivity index (χ2n) is 4.34. The van der Waals surface area contributed by atoms with Crippen LogP contribution >= 0.6 is 0 Å². The zero-order valence-corrected chi connectivity index (χ0v) is 11.8. The summed E-state index contributed by atoms with van der Waals surface area (Å²) in [4.78, 5) is 0.